The molecule has 3 nitrogen and oxygen atoms in total. The molecule has 3 heteroatoms. The first-order valence-corrected chi connectivity index (χ1v) is 12.6. The molecule has 0 amide bonds. The van der Waals surface area contributed by atoms with Crippen LogP contribution in [-0.4, -0.2) is 39.1 Å². The molecule has 0 spiro atoms. The van der Waals surface area contributed by atoms with Gasteiger partial charge >= 0.3 is 0 Å². The fourth-order valence-corrected chi connectivity index (χ4v) is 4.41. The predicted molar refractivity (Wildman–Crippen MR) is 156 cm³/mol. The summed E-state index contributed by atoms with van der Waals surface area (Å²) in [6, 6.07) is 0. The summed E-state index contributed by atoms with van der Waals surface area (Å²) >= 11 is 0. The first kappa shape index (κ1) is 41.0. The molecule has 0 radical (unpaired) electrons. The zero-order valence-electron chi connectivity index (χ0n) is 21.9. The minimum atomic E-state index is 0. The Hall–Kier alpha value is -0.120. The maximum absolute atomic E-state index is 5.64. The molecule has 3 aliphatic rings. The van der Waals surface area contributed by atoms with Gasteiger partial charge in [0, 0.05) is 33.0 Å². The van der Waals surface area contributed by atoms with Gasteiger partial charge in [0.2, 0.25) is 0 Å². The van der Waals surface area contributed by atoms with E-state index in [-0.39, 0.29) is 29.7 Å². The summed E-state index contributed by atoms with van der Waals surface area (Å²) in [4.78, 5) is 0. The van der Waals surface area contributed by atoms with E-state index in [2.05, 4.69) is 62.3 Å². The monoisotopic (exact) mass is 491 g/mol. The summed E-state index contributed by atoms with van der Waals surface area (Å²) in [5.41, 5.74) is 1.28. The first-order valence-electron chi connectivity index (χ1n) is 12.6. The van der Waals surface area contributed by atoms with Crippen LogP contribution in [0.1, 0.15) is 137 Å². The maximum atomic E-state index is 5.64. The standard InChI is InChI=1S/3C9H18O.4CH4/c1-9(2,3)8-4-6-10-7-5-8;1-9(2,3)8-5-4-6-10-7-8;1-9(2,3)8-6-4-5-7-10-8;;;;/h3*8H,4-7H2,1-3H3;4*1H4. The van der Waals surface area contributed by atoms with Gasteiger partial charge in [-0.1, -0.05) is 92.0 Å². The van der Waals surface area contributed by atoms with Crippen molar-refractivity contribution in [3.05, 3.63) is 0 Å². The van der Waals surface area contributed by atoms with Crippen LogP contribution in [0.3, 0.4) is 0 Å². The van der Waals surface area contributed by atoms with E-state index in [1.807, 2.05) is 0 Å². The second kappa shape index (κ2) is 19.1. The van der Waals surface area contributed by atoms with Crippen molar-refractivity contribution < 1.29 is 14.2 Å². The van der Waals surface area contributed by atoms with Crippen molar-refractivity contribution in [2.24, 2.45) is 28.1 Å². The smallest absolute Gasteiger partial charge is 0.0623 e. The molecule has 0 aromatic carbocycles. The summed E-state index contributed by atoms with van der Waals surface area (Å²) in [5.74, 6) is 1.66. The van der Waals surface area contributed by atoms with E-state index in [9.17, 15) is 0 Å². The van der Waals surface area contributed by atoms with Gasteiger partial charge in [0.05, 0.1) is 6.10 Å². The highest BCUT2D eigenvalue weighted by Crippen LogP contribution is 2.33. The minimum absolute atomic E-state index is 0. The Morgan fingerprint density at radius 3 is 1.26 bits per heavy atom. The third-order valence-electron chi connectivity index (χ3n) is 6.98. The number of rotatable bonds is 0. The van der Waals surface area contributed by atoms with Crippen LogP contribution in [0.4, 0.5) is 0 Å². The molecule has 2 unspecified atom stereocenters. The Morgan fingerprint density at radius 1 is 0.471 bits per heavy atom. The highest BCUT2D eigenvalue weighted by molar-refractivity contribution is 4.77. The Morgan fingerprint density at radius 2 is 1.00 bits per heavy atom. The van der Waals surface area contributed by atoms with E-state index in [0.717, 1.165) is 44.9 Å². The molecular formula is C31H70O3. The molecule has 3 rings (SSSR count). The van der Waals surface area contributed by atoms with E-state index in [1.165, 1.54) is 44.9 Å². The summed E-state index contributed by atoms with van der Waals surface area (Å²) in [7, 11) is 0. The molecule has 0 bridgehead atoms. The molecule has 34 heavy (non-hydrogen) atoms. The van der Waals surface area contributed by atoms with Crippen LogP contribution < -0.4 is 0 Å². The Labute approximate surface area is 218 Å². The van der Waals surface area contributed by atoms with Crippen LogP contribution in [0.15, 0.2) is 0 Å². The zero-order chi connectivity index (χ0) is 22.8. The topological polar surface area (TPSA) is 27.7 Å². The maximum Gasteiger partial charge on any atom is 0.0623 e. The molecule has 0 saturated carbocycles. The van der Waals surface area contributed by atoms with E-state index >= 15 is 0 Å². The molecular weight excluding hydrogens is 420 g/mol. The molecule has 0 aliphatic carbocycles. The molecule has 3 heterocycles. The number of ether oxygens (including phenoxy) is 3. The molecule has 3 fully saturated rings. The molecule has 0 aromatic rings. The fourth-order valence-electron chi connectivity index (χ4n) is 4.41. The molecule has 3 aliphatic heterocycles. The third-order valence-corrected chi connectivity index (χ3v) is 6.98. The van der Waals surface area contributed by atoms with Crippen LogP contribution in [0.5, 0.6) is 0 Å². The number of hydrogen-bond donors (Lipinski definition) is 0. The van der Waals surface area contributed by atoms with Gasteiger partial charge in [-0.15, -0.1) is 0 Å². The quantitative estimate of drug-likeness (QED) is 0.338. The van der Waals surface area contributed by atoms with Crippen molar-refractivity contribution in [1.82, 2.24) is 0 Å². The molecule has 212 valence electrons. The Bertz CT molecular complexity index is 354. The van der Waals surface area contributed by atoms with Gasteiger partial charge in [-0.25, -0.2) is 0 Å². The van der Waals surface area contributed by atoms with E-state index in [1.54, 1.807) is 0 Å². The van der Waals surface area contributed by atoms with Crippen molar-refractivity contribution in [1.29, 1.82) is 0 Å². The van der Waals surface area contributed by atoms with Crippen LogP contribution in [0, 0.1) is 28.1 Å². The van der Waals surface area contributed by atoms with Crippen LogP contribution in [0.2, 0.25) is 0 Å². The van der Waals surface area contributed by atoms with Crippen LogP contribution >= 0.6 is 0 Å². The van der Waals surface area contributed by atoms with Crippen LogP contribution in [-0.2, 0) is 14.2 Å². The Kier molecular flexibility index (Phi) is 23.0. The van der Waals surface area contributed by atoms with Crippen LogP contribution in [0.25, 0.3) is 0 Å². The average Bonchev–Trinajstić information content (AvgIpc) is 2.69. The zero-order valence-corrected chi connectivity index (χ0v) is 21.9. The third kappa shape index (κ3) is 17.3. The SMILES string of the molecule is C.C.C.C.CC(C)(C)C1CCCCO1.CC(C)(C)C1CCCOC1.CC(C)(C)C1CCOCC1. The summed E-state index contributed by atoms with van der Waals surface area (Å²) in [5, 5.41) is 0. The lowest BCUT2D eigenvalue weighted by Crippen LogP contribution is -2.32. The highest BCUT2D eigenvalue weighted by atomic mass is 16.5. The fraction of sp³-hybridized carbons (Fsp3) is 1.00. The lowest BCUT2D eigenvalue weighted by atomic mass is 9.76. The van der Waals surface area contributed by atoms with E-state index in [0.29, 0.717) is 22.3 Å². The van der Waals surface area contributed by atoms with Gasteiger partial charge in [-0.2, -0.15) is 0 Å². The second-order valence-electron chi connectivity index (χ2n) is 12.8. The van der Waals surface area contributed by atoms with Crippen molar-refractivity contribution in [3.63, 3.8) is 0 Å². The molecule has 3 saturated heterocycles. The lowest BCUT2D eigenvalue weighted by molar-refractivity contribution is -0.0474. The van der Waals surface area contributed by atoms with Crippen molar-refractivity contribution in [2.45, 2.75) is 143 Å². The van der Waals surface area contributed by atoms with Gasteiger partial charge in [0.25, 0.3) is 0 Å². The molecule has 0 aromatic heterocycles. The normalized spacial score (nSPS) is 23.6. The lowest BCUT2D eigenvalue weighted by Gasteiger charge is -2.33. The van der Waals surface area contributed by atoms with Gasteiger partial charge in [0.15, 0.2) is 0 Å². The van der Waals surface area contributed by atoms with Gasteiger partial charge in [-0.05, 0) is 73.0 Å². The van der Waals surface area contributed by atoms with Crippen molar-refractivity contribution in [2.75, 3.05) is 33.0 Å². The first-order chi connectivity index (χ1) is 13.8. The summed E-state index contributed by atoms with van der Waals surface area (Å²) < 4.78 is 16.3. The average molecular weight is 491 g/mol. The Balaban J connectivity index is -0.000000187. The summed E-state index contributed by atoms with van der Waals surface area (Å²) in [6.07, 6.45) is 9.47. The largest absolute Gasteiger partial charge is 0.381 e. The van der Waals surface area contributed by atoms with Crippen molar-refractivity contribution in [3.8, 4) is 0 Å². The highest BCUT2D eigenvalue weighted by Gasteiger charge is 2.27. The van der Waals surface area contributed by atoms with E-state index in [4.69, 9.17) is 14.2 Å². The van der Waals surface area contributed by atoms with E-state index < -0.39 is 0 Å². The second-order valence-corrected chi connectivity index (χ2v) is 12.8. The minimum Gasteiger partial charge on any atom is -0.381 e. The molecule has 0 N–H and O–H groups in total. The predicted octanol–water partition coefficient (Wildman–Crippen LogP) is 10.1. The molecule has 2 atom stereocenters. The van der Waals surface area contributed by atoms with Gasteiger partial charge in [0.1, 0.15) is 0 Å². The van der Waals surface area contributed by atoms with Gasteiger partial charge < -0.3 is 14.2 Å². The van der Waals surface area contributed by atoms with Gasteiger partial charge in [-0.3, -0.25) is 0 Å². The van der Waals surface area contributed by atoms with Crippen molar-refractivity contribution >= 4 is 0 Å². The number of hydrogen-bond acceptors (Lipinski definition) is 3. The summed E-state index contributed by atoms with van der Waals surface area (Å²) in [6.45, 7) is 25.5.